The lowest BCUT2D eigenvalue weighted by atomic mass is 10.0. The van der Waals surface area contributed by atoms with Crippen LogP contribution in [-0.4, -0.2) is 37.9 Å². The fourth-order valence-electron chi connectivity index (χ4n) is 7.49. The average Bonchev–Trinajstić information content (AvgIpc) is 3.20. The second-order valence-electron chi connectivity index (χ2n) is 17.1. The zero-order valence-corrected chi connectivity index (χ0v) is 38.2. The molecular formula is C51H98O5. The van der Waals surface area contributed by atoms with Crippen molar-refractivity contribution < 1.29 is 23.8 Å². The summed E-state index contributed by atoms with van der Waals surface area (Å²) in [5.74, 6) is -0.389. The van der Waals surface area contributed by atoms with Crippen LogP contribution in [0.5, 0.6) is 0 Å². The van der Waals surface area contributed by atoms with E-state index in [1.807, 2.05) is 0 Å². The van der Waals surface area contributed by atoms with Crippen molar-refractivity contribution in [1.82, 2.24) is 0 Å². The van der Waals surface area contributed by atoms with Crippen molar-refractivity contribution in [3.8, 4) is 0 Å². The van der Waals surface area contributed by atoms with Crippen LogP contribution in [0.1, 0.15) is 278 Å². The lowest BCUT2D eigenvalue weighted by Gasteiger charge is -2.18. The molecule has 332 valence electrons. The normalized spacial score (nSPS) is 12.1. The third-order valence-corrected chi connectivity index (χ3v) is 11.3. The van der Waals surface area contributed by atoms with Crippen LogP contribution < -0.4 is 0 Å². The molecule has 1 atom stereocenters. The summed E-state index contributed by atoms with van der Waals surface area (Å²) in [5.41, 5.74) is 0. The summed E-state index contributed by atoms with van der Waals surface area (Å²) in [7, 11) is 0. The molecule has 0 saturated heterocycles. The Labute approximate surface area is 350 Å². The number of hydrogen-bond donors (Lipinski definition) is 0. The molecule has 5 heteroatoms. The maximum atomic E-state index is 12.7. The number of esters is 2. The molecule has 0 rings (SSSR count). The number of allylic oxidation sites excluding steroid dienone is 2. The molecule has 0 aliphatic carbocycles. The Morgan fingerprint density at radius 1 is 0.375 bits per heavy atom. The van der Waals surface area contributed by atoms with Crippen molar-refractivity contribution in [3.63, 3.8) is 0 Å². The second-order valence-corrected chi connectivity index (χ2v) is 17.1. The minimum atomic E-state index is -0.529. The van der Waals surface area contributed by atoms with Gasteiger partial charge in [0.2, 0.25) is 0 Å². The monoisotopic (exact) mass is 791 g/mol. The van der Waals surface area contributed by atoms with Gasteiger partial charge in [-0.2, -0.15) is 0 Å². The summed E-state index contributed by atoms with van der Waals surface area (Å²) >= 11 is 0. The van der Waals surface area contributed by atoms with Gasteiger partial charge in [-0.1, -0.05) is 238 Å². The van der Waals surface area contributed by atoms with Crippen LogP contribution in [0.25, 0.3) is 0 Å². The highest BCUT2D eigenvalue weighted by Crippen LogP contribution is 2.16. The van der Waals surface area contributed by atoms with Crippen molar-refractivity contribution in [1.29, 1.82) is 0 Å². The number of unbranched alkanes of at least 4 members (excludes halogenated alkanes) is 34. The summed E-state index contributed by atoms with van der Waals surface area (Å²) < 4.78 is 17.4. The lowest BCUT2D eigenvalue weighted by Crippen LogP contribution is -2.30. The zero-order valence-electron chi connectivity index (χ0n) is 38.2. The molecule has 0 aliphatic rings. The molecule has 0 aromatic carbocycles. The minimum Gasteiger partial charge on any atom is -0.462 e. The van der Waals surface area contributed by atoms with E-state index in [1.54, 1.807) is 0 Å². The Hall–Kier alpha value is -1.36. The van der Waals surface area contributed by atoms with Crippen molar-refractivity contribution in [2.24, 2.45) is 0 Å². The molecule has 0 radical (unpaired) electrons. The van der Waals surface area contributed by atoms with E-state index in [-0.39, 0.29) is 18.5 Å². The number of carbonyl (C=O) groups is 2. The number of carbonyl (C=O) groups excluding carboxylic acids is 2. The molecule has 0 heterocycles. The van der Waals surface area contributed by atoms with Crippen molar-refractivity contribution >= 4 is 11.9 Å². The van der Waals surface area contributed by atoms with Crippen molar-refractivity contribution in [2.75, 3.05) is 19.8 Å². The third-order valence-electron chi connectivity index (χ3n) is 11.3. The van der Waals surface area contributed by atoms with E-state index >= 15 is 0 Å². The molecule has 5 nitrogen and oxygen atoms in total. The molecule has 56 heavy (non-hydrogen) atoms. The van der Waals surface area contributed by atoms with E-state index in [0.717, 1.165) is 44.9 Å². The predicted molar refractivity (Wildman–Crippen MR) is 242 cm³/mol. The molecule has 0 aromatic heterocycles. The number of rotatable bonds is 47. The molecule has 0 N–H and O–H groups in total. The molecule has 0 aromatic rings. The Bertz CT molecular complexity index is 810. The van der Waals surface area contributed by atoms with Crippen molar-refractivity contribution in [2.45, 2.75) is 284 Å². The molecule has 0 aliphatic heterocycles. The first-order valence-corrected chi connectivity index (χ1v) is 25.2. The fraction of sp³-hybridized carbons (Fsp3) is 0.922. The molecule has 0 spiro atoms. The maximum Gasteiger partial charge on any atom is 0.306 e. The van der Waals surface area contributed by atoms with Gasteiger partial charge in [0.15, 0.2) is 6.10 Å². The maximum absolute atomic E-state index is 12.7. The van der Waals surface area contributed by atoms with Crippen molar-refractivity contribution in [3.05, 3.63) is 12.2 Å². The average molecular weight is 791 g/mol. The van der Waals surface area contributed by atoms with Crippen LogP contribution in [0.3, 0.4) is 0 Å². The Morgan fingerprint density at radius 3 is 1.14 bits per heavy atom. The van der Waals surface area contributed by atoms with Gasteiger partial charge < -0.3 is 14.2 Å². The smallest absolute Gasteiger partial charge is 0.306 e. The summed E-state index contributed by atoms with van der Waals surface area (Å²) in [5, 5.41) is 0. The highest BCUT2D eigenvalue weighted by Gasteiger charge is 2.17. The molecule has 1 unspecified atom stereocenters. The molecule has 0 fully saturated rings. The number of hydrogen-bond acceptors (Lipinski definition) is 5. The van der Waals surface area contributed by atoms with E-state index in [9.17, 15) is 9.59 Å². The van der Waals surface area contributed by atoms with Gasteiger partial charge in [0.1, 0.15) is 6.61 Å². The Morgan fingerprint density at radius 2 is 0.714 bits per heavy atom. The number of ether oxygens (including phenoxy) is 3. The van der Waals surface area contributed by atoms with Crippen LogP contribution in [0, 0.1) is 0 Å². The van der Waals surface area contributed by atoms with E-state index in [0.29, 0.717) is 26.1 Å². The molecular weight excluding hydrogens is 693 g/mol. The van der Waals surface area contributed by atoms with Gasteiger partial charge in [-0.05, 0) is 38.5 Å². The topological polar surface area (TPSA) is 61.8 Å². The Kier molecular flexibility index (Phi) is 46.8. The van der Waals surface area contributed by atoms with E-state index in [4.69, 9.17) is 14.2 Å². The van der Waals surface area contributed by atoms with Gasteiger partial charge >= 0.3 is 11.9 Å². The molecule has 0 bridgehead atoms. The van der Waals surface area contributed by atoms with E-state index in [2.05, 4.69) is 32.9 Å². The van der Waals surface area contributed by atoms with Crippen LogP contribution in [-0.2, 0) is 23.8 Å². The fourth-order valence-corrected chi connectivity index (χ4v) is 7.49. The van der Waals surface area contributed by atoms with Crippen LogP contribution in [0.15, 0.2) is 12.2 Å². The SMILES string of the molecule is CCCC/C=C\CCCCCCCC(=O)OC(COCCCCCCCCCCCCCC)COC(=O)CCCCCCCCCCCCCCCCCCC. The van der Waals surface area contributed by atoms with Crippen LogP contribution in [0.2, 0.25) is 0 Å². The van der Waals surface area contributed by atoms with Gasteiger partial charge in [-0.3, -0.25) is 9.59 Å². The largest absolute Gasteiger partial charge is 0.462 e. The van der Waals surface area contributed by atoms with Gasteiger partial charge in [0, 0.05) is 19.4 Å². The zero-order chi connectivity index (χ0) is 40.7. The first-order chi connectivity index (χ1) is 27.6. The van der Waals surface area contributed by atoms with Crippen LogP contribution in [0.4, 0.5) is 0 Å². The van der Waals surface area contributed by atoms with E-state index in [1.165, 1.54) is 199 Å². The van der Waals surface area contributed by atoms with Gasteiger partial charge in [0.25, 0.3) is 0 Å². The summed E-state index contributed by atoms with van der Waals surface area (Å²) in [6, 6.07) is 0. The Balaban J connectivity index is 4.16. The van der Waals surface area contributed by atoms with Gasteiger partial charge in [-0.15, -0.1) is 0 Å². The summed E-state index contributed by atoms with van der Waals surface area (Å²) in [4.78, 5) is 25.3. The summed E-state index contributed by atoms with van der Waals surface area (Å²) in [6.07, 6.45) is 53.6. The first kappa shape index (κ1) is 54.6. The van der Waals surface area contributed by atoms with E-state index < -0.39 is 6.10 Å². The van der Waals surface area contributed by atoms with Gasteiger partial charge in [-0.25, -0.2) is 0 Å². The quantitative estimate of drug-likeness (QED) is 0.0349. The highest BCUT2D eigenvalue weighted by atomic mass is 16.6. The predicted octanol–water partition coefficient (Wildman–Crippen LogP) is 16.7. The van der Waals surface area contributed by atoms with Gasteiger partial charge in [0.05, 0.1) is 6.61 Å². The second kappa shape index (κ2) is 48.0. The molecule has 0 amide bonds. The standard InChI is InChI=1S/C51H98O5/c1-4-7-10-13-16-19-22-24-25-26-27-28-30-32-35-38-41-44-50(52)55-48-49(47-54-46-43-40-37-34-31-23-20-17-14-11-8-5-2)56-51(53)45-42-39-36-33-29-21-18-15-12-9-6-3/h15,18,49H,4-14,16-17,19-48H2,1-3H3/b18-15-. The molecule has 0 saturated carbocycles. The third kappa shape index (κ3) is 45.3. The first-order valence-electron chi connectivity index (χ1n) is 25.2. The lowest BCUT2D eigenvalue weighted by molar-refractivity contribution is -0.163. The highest BCUT2D eigenvalue weighted by molar-refractivity contribution is 5.70. The van der Waals surface area contributed by atoms with Crippen LogP contribution >= 0.6 is 0 Å². The summed E-state index contributed by atoms with van der Waals surface area (Å²) in [6.45, 7) is 7.84. The minimum absolute atomic E-state index is 0.0910.